The van der Waals surface area contributed by atoms with Crippen LogP contribution in [0.3, 0.4) is 0 Å². The Kier molecular flexibility index (Phi) is 8.08. The molecule has 3 atom stereocenters. The largest absolute Gasteiger partial charge is 0.494 e. The van der Waals surface area contributed by atoms with Crippen molar-refractivity contribution in [2.75, 3.05) is 14.2 Å². The lowest BCUT2D eigenvalue weighted by molar-refractivity contribution is 0.386. The van der Waals surface area contributed by atoms with E-state index in [1.807, 2.05) is 13.0 Å². The van der Waals surface area contributed by atoms with E-state index >= 15 is 0 Å². The summed E-state index contributed by atoms with van der Waals surface area (Å²) in [6.07, 6.45) is 3.68. The van der Waals surface area contributed by atoms with Gasteiger partial charge in [0.05, 0.1) is 13.2 Å². The molecule has 0 heterocycles. The van der Waals surface area contributed by atoms with Gasteiger partial charge in [0.15, 0.2) is 17.5 Å². The monoisotopic (exact) mass is 435 g/mol. The molecule has 0 aliphatic heterocycles. The molecular weight excluding hydrogens is 408 g/mol. The maximum atomic E-state index is 13.8. The van der Waals surface area contributed by atoms with Crippen molar-refractivity contribution >= 4 is 29.9 Å². The summed E-state index contributed by atoms with van der Waals surface area (Å²) in [5.74, 6) is 1.45. The van der Waals surface area contributed by atoms with Crippen LogP contribution in [-0.4, -0.2) is 26.2 Å². The third kappa shape index (κ3) is 5.51. The first-order valence-corrected chi connectivity index (χ1v) is 7.92. The molecule has 1 saturated carbocycles. The molecule has 0 radical (unpaired) electrons. The molecular formula is C17H27FIN3O. The summed E-state index contributed by atoms with van der Waals surface area (Å²) in [4.78, 5) is 4.26. The molecule has 1 fully saturated rings. The lowest BCUT2D eigenvalue weighted by atomic mass is 10.1. The fourth-order valence-electron chi connectivity index (χ4n) is 2.70. The van der Waals surface area contributed by atoms with Crippen LogP contribution < -0.4 is 15.4 Å². The van der Waals surface area contributed by atoms with Crippen molar-refractivity contribution in [3.05, 3.63) is 29.6 Å². The van der Waals surface area contributed by atoms with Gasteiger partial charge in [-0.2, -0.15) is 0 Å². The Morgan fingerprint density at radius 2 is 2.22 bits per heavy atom. The lowest BCUT2D eigenvalue weighted by Gasteiger charge is -2.19. The zero-order chi connectivity index (χ0) is 16.1. The summed E-state index contributed by atoms with van der Waals surface area (Å²) in [6, 6.07) is 5.50. The molecule has 2 N–H and O–H groups in total. The van der Waals surface area contributed by atoms with Crippen LogP contribution in [0.15, 0.2) is 23.2 Å². The molecule has 0 bridgehead atoms. The predicted octanol–water partition coefficient (Wildman–Crippen LogP) is 3.87. The van der Waals surface area contributed by atoms with E-state index in [0.29, 0.717) is 6.04 Å². The van der Waals surface area contributed by atoms with Crippen molar-refractivity contribution in [1.29, 1.82) is 0 Å². The Bertz CT molecular complexity index is 539. The fourth-order valence-corrected chi connectivity index (χ4v) is 2.70. The number of nitrogens with one attached hydrogen (secondary N) is 2. The van der Waals surface area contributed by atoms with E-state index in [0.717, 1.165) is 17.4 Å². The quantitative estimate of drug-likeness (QED) is 0.405. The molecule has 6 heteroatoms. The molecule has 1 aromatic rings. The number of hydrogen-bond acceptors (Lipinski definition) is 2. The highest BCUT2D eigenvalue weighted by Gasteiger charge is 2.36. The van der Waals surface area contributed by atoms with Crippen LogP contribution in [0.4, 0.5) is 4.39 Å². The van der Waals surface area contributed by atoms with Crippen LogP contribution >= 0.6 is 24.0 Å². The van der Waals surface area contributed by atoms with Crippen LogP contribution in [0.2, 0.25) is 0 Å². The van der Waals surface area contributed by atoms with Gasteiger partial charge in [-0.3, -0.25) is 4.99 Å². The molecule has 0 saturated heterocycles. The van der Waals surface area contributed by atoms with Crippen molar-refractivity contribution in [3.8, 4) is 5.75 Å². The third-order valence-electron chi connectivity index (χ3n) is 4.16. The predicted molar refractivity (Wildman–Crippen MR) is 103 cm³/mol. The van der Waals surface area contributed by atoms with Gasteiger partial charge in [-0.05, 0) is 43.4 Å². The van der Waals surface area contributed by atoms with Crippen LogP contribution in [0.1, 0.15) is 44.7 Å². The number of halogens is 2. The van der Waals surface area contributed by atoms with Crippen molar-refractivity contribution in [1.82, 2.24) is 10.6 Å². The minimum absolute atomic E-state index is 0. The van der Waals surface area contributed by atoms with Crippen LogP contribution in [-0.2, 0) is 0 Å². The first-order valence-electron chi connectivity index (χ1n) is 7.92. The molecule has 1 aromatic carbocycles. The second-order valence-corrected chi connectivity index (χ2v) is 5.87. The number of aliphatic imine (C=N–C) groups is 1. The number of benzene rings is 1. The topological polar surface area (TPSA) is 45.7 Å². The maximum Gasteiger partial charge on any atom is 0.191 e. The molecule has 0 aromatic heterocycles. The zero-order valence-electron chi connectivity index (χ0n) is 14.2. The summed E-state index contributed by atoms with van der Waals surface area (Å²) < 4.78 is 18.7. The zero-order valence-corrected chi connectivity index (χ0v) is 16.6. The minimum Gasteiger partial charge on any atom is -0.494 e. The molecule has 1 aliphatic carbocycles. The molecule has 4 nitrogen and oxygen atoms in total. The maximum absolute atomic E-state index is 13.8. The second-order valence-electron chi connectivity index (χ2n) is 5.87. The van der Waals surface area contributed by atoms with Crippen LogP contribution in [0.5, 0.6) is 5.75 Å². The Morgan fingerprint density at radius 3 is 2.78 bits per heavy atom. The molecule has 130 valence electrons. The van der Waals surface area contributed by atoms with Gasteiger partial charge in [-0.15, -0.1) is 24.0 Å². The van der Waals surface area contributed by atoms with Crippen molar-refractivity contribution in [2.24, 2.45) is 10.9 Å². The van der Waals surface area contributed by atoms with E-state index < -0.39 is 0 Å². The third-order valence-corrected chi connectivity index (χ3v) is 4.16. The summed E-state index contributed by atoms with van der Waals surface area (Å²) in [5, 5.41) is 6.75. The highest BCUT2D eigenvalue weighted by atomic mass is 127. The van der Waals surface area contributed by atoms with Crippen molar-refractivity contribution < 1.29 is 9.13 Å². The summed E-state index contributed by atoms with van der Waals surface area (Å²) in [5.41, 5.74) is 0.863. The van der Waals surface area contributed by atoms with Gasteiger partial charge in [0, 0.05) is 13.1 Å². The van der Waals surface area contributed by atoms with Crippen LogP contribution in [0, 0.1) is 11.7 Å². The van der Waals surface area contributed by atoms with Gasteiger partial charge in [-0.25, -0.2) is 4.39 Å². The average molecular weight is 435 g/mol. The fraction of sp³-hybridized carbons (Fsp3) is 0.588. The first-order chi connectivity index (χ1) is 10.6. The molecule has 0 spiro atoms. The highest BCUT2D eigenvalue weighted by Crippen LogP contribution is 2.34. The van der Waals surface area contributed by atoms with Crippen molar-refractivity contribution in [3.63, 3.8) is 0 Å². The Balaban J connectivity index is 0.00000264. The standard InChI is InChI=1S/C17H26FN3O.HI/c1-5-6-13-10-15(13)21-17(19-3)20-11(2)12-7-8-16(22-4)14(18)9-12;/h7-9,11,13,15H,5-6,10H2,1-4H3,(H2,19,20,21);1H. The summed E-state index contributed by atoms with van der Waals surface area (Å²) in [6.45, 7) is 4.20. The average Bonchev–Trinajstić information content (AvgIpc) is 3.24. The molecule has 2 rings (SSSR count). The lowest BCUT2D eigenvalue weighted by Crippen LogP contribution is -2.40. The summed E-state index contributed by atoms with van der Waals surface area (Å²) in [7, 11) is 3.22. The van der Waals surface area contributed by atoms with Gasteiger partial charge in [0.25, 0.3) is 0 Å². The van der Waals surface area contributed by atoms with E-state index in [9.17, 15) is 4.39 Å². The molecule has 0 amide bonds. The Morgan fingerprint density at radius 1 is 1.48 bits per heavy atom. The van der Waals surface area contributed by atoms with E-state index in [2.05, 4.69) is 22.5 Å². The van der Waals surface area contributed by atoms with Gasteiger partial charge < -0.3 is 15.4 Å². The van der Waals surface area contributed by atoms with Gasteiger partial charge in [0.1, 0.15) is 0 Å². The smallest absolute Gasteiger partial charge is 0.191 e. The second kappa shape index (κ2) is 9.30. The van der Waals surface area contributed by atoms with E-state index in [-0.39, 0.29) is 41.6 Å². The van der Waals surface area contributed by atoms with E-state index in [4.69, 9.17) is 4.74 Å². The number of rotatable bonds is 6. The number of guanidine groups is 1. The summed E-state index contributed by atoms with van der Waals surface area (Å²) >= 11 is 0. The van der Waals surface area contributed by atoms with E-state index in [1.165, 1.54) is 32.4 Å². The van der Waals surface area contributed by atoms with Crippen LogP contribution in [0.25, 0.3) is 0 Å². The van der Waals surface area contributed by atoms with Crippen molar-refractivity contribution in [2.45, 2.75) is 45.2 Å². The van der Waals surface area contributed by atoms with Gasteiger partial charge >= 0.3 is 0 Å². The van der Waals surface area contributed by atoms with E-state index in [1.54, 1.807) is 13.1 Å². The molecule has 23 heavy (non-hydrogen) atoms. The normalized spacial score (nSPS) is 21.2. The van der Waals surface area contributed by atoms with Gasteiger partial charge in [-0.1, -0.05) is 19.4 Å². The SMILES string of the molecule is CCCC1CC1NC(=NC)NC(C)c1ccc(OC)c(F)c1.I. The highest BCUT2D eigenvalue weighted by molar-refractivity contribution is 14.0. The minimum atomic E-state index is -0.346. The van der Waals surface area contributed by atoms with Gasteiger partial charge in [0.2, 0.25) is 0 Å². The Hall–Kier alpha value is -1.05. The number of methoxy groups -OCH3 is 1. The number of ether oxygens (including phenoxy) is 1. The Labute approximate surface area is 155 Å². The molecule has 1 aliphatic rings. The number of nitrogens with zero attached hydrogens (tertiary/aromatic N) is 1. The molecule has 3 unspecified atom stereocenters. The first kappa shape index (κ1) is 20.0. The number of hydrogen-bond donors (Lipinski definition) is 2.